The van der Waals surface area contributed by atoms with Crippen LogP contribution >= 0.6 is 0 Å². The van der Waals surface area contributed by atoms with Crippen molar-refractivity contribution in [1.82, 2.24) is 0 Å². The molecule has 0 aliphatic heterocycles. The van der Waals surface area contributed by atoms with Crippen LogP contribution in [-0.4, -0.2) is 17.3 Å². The Morgan fingerprint density at radius 3 is 2.67 bits per heavy atom. The van der Waals surface area contributed by atoms with Crippen molar-refractivity contribution in [3.05, 3.63) is 22.8 Å². The average Bonchev–Trinajstić information content (AvgIpc) is 1.63. The van der Waals surface area contributed by atoms with Gasteiger partial charge in [-0.25, -0.2) is 0 Å². The van der Waals surface area contributed by atoms with E-state index >= 15 is 0 Å². The number of nitrogens with zero attached hydrogens (tertiary/aromatic N) is 1. The SMILES string of the molecule is C=CCC(=O)C[N+](=O)[O-]. The summed E-state index contributed by atoms with van der Waals surface area (Å²) in [4.78, 5) is 19.3. The molecule has 0 aromatic carbocycles. The van der Waals surface area contributed by atoms with Crippen LogP contribution < -0.4 is 0 Å². The molecule has 0 aliphatic rings. The first-order valence-corrected chi connectivity index (χ1v) is 2.41. The van der Waals surface area contributed by atoms with Gasteiger partial charge in [0.05, 0.1) is 0 Å². The summed E-state index contributed by atoms with van der Waals surface area (Å²) in [6, 6.07) is 0. The molecule has 0 unspecified atom stereocenters. The van der Waals surface area contributed by atoms with Gasteiger partial charge < -0.3 is 0 Å². The summed E-state index contributed by atoms with van der Waals surface area (Å²) < 4.78 is 0. The topological polar surface area (TPSA) is 60.2 Å². The number of ketones is 1. The predicted molar refractivity (Wildman–Crippen MR) is 31.7 cm³/mol. The van der Waals surface area contributed by atoms with E-state index in [4.69, 9.17) is 0 Å². The molecule has 4 heteroatoms. The fourth-order valence-electron chi connectivity index (χ4n) is 0.370. The van der Waals surface area contributed by atoms with E-state index in [1.165, 1.54) is 6.08 Å². The predicted octanol–water partition coefficient (Wildman–Crippen LogP) is 0.408. The largest absolute Gasteiger partial charge is 0.292 e. The van der Waals surface area contributed by atoms with Gasteiger partial charge in [-0.05, 0) is 0 Å². The first-order chi connectivity index (χ1) is 4.16. The minimum atomic E-state index is -0.647. The molecule has 0 aromatic heterocycles. The van der Waals surface area contributed by atoms with E-state index in [1.54, 1.807) is 0 Å². The maximum absolute atomic E-state index is 10.3. The molecule has 0 amide bonds. The second-order valence-corrected chi connectivity index (χ2v) is 1.52. The lowest BCUT2D eigenvalue weighted by molar-refractivity contribution is -0.467. The quantitative estimate of drug-likeness (QED) is 0.313. The molecule has 50 valence electrons. The number of hydrogen-bond donors (Lipinski definition) is 0. The molecule has 0 atom stereocenters. The van der Waals surface area contributed by atoms with Crippen molar-refractivity contribution < 1.29 is 9.72 Å². The Morgan fingerprint density at radius 2 is 2.33 bits per heavy atom. The van der Waals surface area contributed by atoms with E-state index in [9.17, 15) is 14.9 Å². The van der Waals surface area contributed by atoms with Gasteiger partial charge >= 0.3 is 0 Å². The molecular formula is C5H7NO3. The van der Waals surface area contributed by atoms with Crippen molar-refractivity contribution in [3.8, 4) is 0 Å². The maximum atomic E-state index is 10.3. The number of allylic oxidation sites excluding steroid dienone is 1. The third-order valence-electron chi connectivity index (χ3n) is 0.677. The molecule has 0 heterocycles. The number of hydrogen-bond acceptors (Lipinski definition) is 3. The highest BCUT2D eigenvalue weighted by atomic mass is 16.6. The molecule has 0 aliphatic carbocycles. The molecule has 0 radical (unpaired) electrons. The normalized spacial score (nSPS) is 8.44. The van der Waals surface area contributed by atoms with E-state index in [1.807, 2.05) is 0 Å². The lowest BCUT2D eigenvalue weighted by Crippen LogP contribution is -2.11. The number of Topliss-reactive ketones (excluding diaryl/α,β-unsaturated/α-hetero) is 1. The first kappa shape index (κ1) is 7.81. The van der Waals surface area contributed by atoms with Gasteiger partial charge in [0, 0.05) is 11.3 Å². The third-order valence-corrected chi connectivity index (χ3v) is 0.677. The maximum Gasteiger partial charge on any atom is 0.261 e. The lowest BCUT2D eigenvalue weighted by atomic mass is 10.3. The van der Waals surface area contributed by atoms with Gasteiger partial charge in [0.15, 0.2) is 0 Å². The monoisotopic (exact) mass is 129 g/mol. The van der Waals surface area contributed by atoms with Crippen molar-refractivity contribution in [1.29, 1.82) is 0 Å². The van der Waals surface area contributed by atoms with Crippen LogP contribution in [0, 0.1) is 10.1 Å². The van der Waals surface area contributed by atoms with Crippen LogP contribution in [0.5, 0.6) is 0 Å². The summed E-state index contributed by atoms with van der Waals surface area (Å²) in [5.41, 5.74) is 0. The number of carbonyl (C=O) groups is 1. The number of carbonyl (C=O) groups excluding carboxylic acids is 1. The molecule has 0 bridgehead atoms. The van der Waals surface area contributed by atoms with Crippen molar-refractivity contribution in [2.24, 2.45) is 0 Å². The molecule has 0 saturated heterocycles. The third kappa shape index (κ3) is 4.67. The molecule has 0 spiro atoms. The summed E-state index contributed by atoms with van der Waals surface area (Å²) in [5.74, 6) is -0.407. The second kappa shape index (κ2) is 3.77. The summed E-state index contributed by atoms with van der Waals surface area (Å²) in [7, 11) is 0. The van der Waals surface area contributed by atoms with Gasteiger partial charge in [-0.15, -0.1) is 6.58 Å². The minimum Gasteiger partial charge on any atom is -0.292 e. The molecule has 0 aromatic rings. The Kier molecular flexibility index (Phi) is 3.27. The van der Waals surface area contributed by atoms with E-state index in [0.29, 0.717) is 0 Å². The fraction of sp³-hybridized carbons (Fsp3) is 0.400. The molecular weight excluding hydrogens is 122 g/mol. The highest BCUT2D eigenvalue weighted by molar-refractivity contribution is 5.80. The Morgan fingerprint density at radius 1 is 1.78 bits per heavy atom. The molecule has 0 N–H and O–H groups in total. The van der Waals surface area contributed by atoms with Gasteiger partial charge in [0.2, 0.25) is 5.78 Å². The van der Waals surface area contributed by atoms with Crippen LogP contribution in [0.4, 0.5) is 0 Å². The van der Waals surface area contributed by atoms with Crippen LogP contribution in [0.15, 0.2) is 12.7 Å². The van der Waals surface area contributed by atoms with Crippen molar-refractivity contribution in [2.75, 3.05) is 6.54 Å². The summed E-state index contributed by atoms with van der Waals surface area (Å²) in [6.07, 6.45) is 1.44. The highest BCUT2D eigenvalue weighted by Crippen LogP contribution is 1.83. The number of rotatable bonds is 4. The standard InChI is InChI=1S/C5H7NO3/c1-2-3-5(7)4-6(8)9/h2H,1,3-4H2. The lowest BCUT2D eigenvalue weighted by Gasteiger charge is -1.86. The Hall–Kier alpha value is -1.19. The van der Waals surface area contributed by atoms with Gasteiger partial charge in [0.25, 0.3) is 6.54 Å². The minimum absolute atomic E-state index is 0.0843. The van der Waals surface area contributed by atoms with Gasteiger partial charge in [-0.3, -0.25) is 14.9 Å². The van der Waals surface area contributed by atoms with Crippen LogP contribution in [0.3, 0.4) is 0 Å². The zero-order chi connectivity index (χ0) is 7.28. The van der Waals surface area contributed by atoms with Crippen molar-refractivity contribution in [2.45, 2.75) is 6.42 Å². The van der Waals surface area contributed by atoms with E-state index in [2.05, 4.69) is 6.58 Å². The Balaban J connectivity index is 3.50. The van der Waals surface area contributed by atoms with E-state index in [0.717, 1.165) is 0 Å². The van der Waals surface area contributed by atoms with Gasteiger partial charge in [0.1, 0.15) is 0 Å². The van der Waals surface area contributed by atoms with Crippen LogP contribution in [0.2, 0.25) is 0 Å². The zero-order valence-corrected chi connectivity index (χ0v) is 4.87. The van der Waals surface area contributed by atoms with Gasteiger partial charge in [-0.2, -0.15) is 0 Å². The average molecular weight is 129 g/mol. The zero-order valence-electron chi connectivity index (χ0n) is 4.87. The molecule has 4 nitrogen and oxygen atoms in total. The van der Waals surface area contributed by atoms with Crippen LogP contribution in [0.25, 0.3) is 0 Å². The van der Waals surface area contributed by atoms with Gasteiger partial charge in [-0.1, -0.05) is 6.08 Å². The Bertz CT molecular complexity index is 141. The molecule has 9 heavy (non-hydrogen) atoms. The van der Waals surface area contributed by atoms with Crippen molar-refractivity contribution >= 4 is 5.78 Å². The van der Waals surface area contributed by atoms with E-state index < -0.39 is 17.3 Å². The Labute approximate surface area is 52.3 Å². The van der Waals surface area contributed by atoms with E-state index in [-0.39, 0.29) is 6.42 Å². The van der Waals surface area contributed by atoms with Crippen LogP contribution in [-0.2, 0) is 4.79 Å². The smallest absolute Gasteiger partial charge is 0.261 e. The first-order valence-electron chi connectivity index (χ1n) is 2.41. The highest BCUT2D eigenvalue weighted by Gasteiger charge is 2.05. The second-order valence-electron chi connectivity index (χ2n) is 1.52. The summed E-state index contributed by atoms with van der Waals surface area (Å²) in [6.45, 7) is 2.67. The molecule has 0 saturated carbocycles. The summed E-state index contributed by atoms with van der Waals surface area (Å²) in [5, 5.41) is 9.63. The number of nitro groups is 1. The molecule has 0 fully saturated rings. The summed E-state index contributed by atoms with van der Waals surface area (Å²) >= 11 is 0. The van der Waals surface area contributed by atoms with Crippen LogP contribution in [0.1, 0.15) is 6.42 Å². The fourth-order valence-corrected chi connectivity index (χ4v) is 0.370. The van der Waals surface area contributed by atoms with Crippen molar-refractivity contribution in [3.63, 3.8) is 0 Å². The molecule has 0 rings (SSSR count).